The molecule has 13 heteroatoms. The van der Waals surface area contributed by atoms with Gasteiger partial charge in [0.05, 0.1) is 38.1 Å². The molecular weight excluding hydrogens is 530 g/mol. The fraction of sp³-hybridized carbons (Fsp3) is 0.0870. The van der Waals surface area contributed by atoms with E-state index in [4.69, 9.17) is 23.2 Å². The molecule has 0 bridgehead atoms. The summed E-state index contributed by atoms with van der Waals surface area (Å²) in [6.07, 6.45) is 4.70. The van der Waals surface area contributed by atoms with Crippen LogP contribution in [0.2, 0.25) is 10.0 Å². The molecule has 3 N–H and O–H groups in total. The van der Waals surface area contributed by atoms with Gasteiger partial charge in [0.25, 0.3) is 5.56 Å². The Balaban J connectivity index is 1.54. The van der Waals surface area contributed by atoms with Crippen LogP contribution in [0.5, 0.6) is 0 Å². The highest BCUT2D eigenvalue weighted by molar-refractivity contribution is 7.89. The molecular formula is C23H17Cl2FN6O3S. The van der Waals surface area contributed by atoms with E-state index in [0.29, 0.717) is 22.1 Å². The van der Waals surface area contributed by atoms with Crippen molar-refractivity contribution in [3.05, 3.63) is 87.0 Å². The van der Waals surface area contributed by atoms with E-state index >= 15 is 0 Å². The summed E-state index contributed by atoms with van der Waals surface area (Å²) < 4.78 is 43.7. The Kier molecular flexibility index (Phi) is 6.17. The van der Waals surface area contributed by atoms with Crippen molar-refractivity contribution in [1.82, 2.24) is 24.2 Å². The van der Waals surface area contributed by atoms with Gasteiger partial charge in [-0.3, -0.25) is 4.79 Å². The number of benzene rings is 2. The molecule has 5 aromatic rings. The van der Waals surface area contributed by atoms with Crippen molar-refractivity contribution in [2.24, 2.45) is 7.05 Å². The first-order valence-corrected chi connectivity index (χ1v) is 12.7. The molecule has 0 aliphatic heterocycles. The van der Waals surface area contributed by atoms with Crippen LogP contribution in [0.1, 0.15) is 5.82 Å². The van der Waals surface area contributed by atoms with Crippen LogP contribution >= 0.6 is 23.2 Å². The predicted octanol–water partition coefficient (Wildman–Crippen LogP) is 4.48. The average Bonchev–Trinajstić information content (AvgIpc) is 3.25. The molecule has 3 heterocycles. The fourth-order valence-electron chi connectivity index (χ4n) is 3.78. The maximum Gasteiger partial charge on any atom is 0.256 e. The van der Waals surface area contributed by atoms with Crippen LogP contribution < -0.4 is 15.6 Å². The van der Waals surface area contributed by atoms with E-state index in [2.05, 4.69) is 25.0 Å². The smallest absolute Gasteiger partial charge is 0.256 e. The minimum Gasteiger partial charge on any atom is -0.337 e. The first kappa shape index (κ1) is 24.2. The molecule has 0 aliphatic rings. The Morgan fingerprint density at radius 1 is 1.11 bits per heavy atom. The first-order chi connectivity index (χ1) is 17.1. The number of hydrogen-bond donors (Lipinski definition) is 3. The number of H-pyrrole nitrogens is 1. The van der Waals surface area contributed by atoms with Gasteiger partial charge in [-0.25, -0.2) is 27.5 Å². The van der Waals surface area contributed by atoms with Crippen molar-refractivity contribution in [3.8, 4) is 0 Å². The topological polar surface area (TPSA) is 122 Å². The van der Waals surface area contributed by atoms with Gasteiger partial charge in [-0.05, 0) is 36.4 Å². The molecule has 9 nitrogen and oxygen atoms in total. The van der Waals surface area contributed by atoms with Crippen LogP contribution in [0.3, 0.4) is 0 Å². The number of hydrogen-bond acceptors (Lipinski definition) is 6. The summed E-state index contributed by atoms with van der Waals surface area (Å²) in [4.78, 5) is 23.6. The summed E-state index contributed by atoms with van der Waals surface area (Å²) >= 11 is 12.9. The van der Waals surface area contributed by atoms with E-state index in [1.54, 1.807) is 30.1 Å². The quantitative estimate of drug-likeness (QED) is 0.270. The lowest BCUT2D eigenvalue weighted by atomic mass is 10.1. The van der Waals surface area contributed by atoms with Crippen molar-refractivity contribution in [1.29, 1.82) is 0 Å². The Bertz CT molecular complexity index is 1800. The molecule has 36 heavy (non-hydrogen) atoms. The Hall–Kier alpha value is -3.51. The highest BCUT2D eigenvalue weighted by Crippen LogP contribution is 2.37. The molecule has 0 saturated carbocycles. The van der Waals surface area contributed by atoms with E-state index in [0.717, 1.165) is 0 Å². The van der Waals surface area contributed by atoms with Crippen LogP contribution in [-0.4, -0.2) is 27.9 Å². The fourth-order valence-corrected chi connectivity index (χ4v) is 5.52. The number of aromatic amines is 1. The average molecular weight is 547 g/mol. The zero-order valence-corrected chi connectivity index (χ0v) is 20.8. The van der Waals surface area contributed by atoms with Crippen LogP contribution in [0.25, 0.3) is 21.7 Å². The minimum absolute atomic E-state index is 0.0128. The molecule has 0 atom stereocenters. The summed E-state index contributed by atoms with van der Waals surface area (Å²) in [5.41, 5.74) is 0.135. The number of nitrogens with one attached hydrogen (secondary N) is 3. The first-order valence-electron chi connectivity index (χ1n) is 10.5. The Labute approximate surface area is 214 Å². The number of sulfonamides is 1. The number of imidazole rings is 1. The van der Waals surface area contributed by atoms with E-state index in [-0.39, 0.29) is 38.4 Å². The van der Waals surface area contributed by atoms with Gasteiger partial charge < -0.3 is 14.9 Å². The van der Waals surface area contributed by atoms with Gasteiger partial charge >= 0.3 is 0 Å². The Morgan fingerprint density at radius 3 is 2.56 bits per heavy atom. The molecule has 5 rings (SSSR count). The molecule has 0 unspecified atom stereocenters. The summed E-state index contributed by atoms with van der Waals surface area (Å²) in [6.45, 7) is -0.0246. The monoisotopic (exact) mass is 546 g/mol. The lowest BCUT2D eigenvalue weighted by Crippen LogP contribution is -2.24. The molecule has 0 aliphatic carbocycles. The maximum absolute atomic E-state index is 13.9. The summed E-state index contributed by atoms with van der Waals surface area (Å²) in [5, 5.41) is 4.01. The molecule has 0 amide bonds. The van der Waals surface area contributed by atoms with Gasteiger partial charge in [-0.1, -0.05) is 23.2 Å². The lowest BCUT2D eigenvalue weighted by molar-refractivity contribution is 0.577. The third-order valence-electron chi connectivity index (χ3n) is 5.59. The molecule has 184 valence electrons. The van der Waals surface area contributed by atoms with Crippen LogP contribution in [-0.2, 0) is 23.6 Å². The third-order valence-corrected chi connectivity index (χ3v) is 7.56. The van der Waals surface area contributed by atoms with Gasteiger partial charge in [0, 0.05) is 36.4 Å². The second kappa shape index (κ2) is 9.17. The number of aromatic nitrogens is 4. The highest BCUT2D eigenvalue weighted by atomic mass is 35.5. The number of nitrogens with zero attached hydrogens (tertiary/aromatic N) is 3. The van der Waals surface area contributed by atoms with Crippen LogP contribution in [0.15, 0.2) is 64.7 Å². The third kappa shape index (κ3) is 4.42. The largest absolute Gasteiger partial charge is 0.337 e. The summed E-state index contributed by atoms with van der Waals surface area (Å²) in [7, 11) is -2.21. The van der Waals surface area contributed by atoms with E-state index in [1.165, 1.54) is 36.5 Å². The number of rotatable bonds is 6. The SMILES string of the molecule is Cn1ccnc1CNS(=O)(=O)c1cc(Cl)c(Nc2nc3ccc(F)cc3c3c(=O)[nH]ccc23)c(Cl)c1. The second-order valence-corrected chi connectivity index (χ2v) is 10.5. The standard InChI is InChI=1S/C23H17Cl2FN6O3S/c1-32-7-6-27-19(32)11-29-36(34,35)13-9-16(24)21(17(25)10-13)31-22-14-4-5-28-23(33)20(14)15-8-12(26)2-3-18(15)30-22/h2-10,29H,11H2,1H3,(H,28,33)(H,30,31). The van der Waals surface area contributed by atoms with E-state index in [1.807, 2.05) is 0 Å². The summed E-state index contributed by atoms with van der Waals surface area (Å²) in [5.74, 6) is 0.259. The zero-order chi connectivity index (χ0) is 25.6. The van der Waals surface area contributed by atoms with E-state index < -0.39 is 21.4 Å². The van der Waals surface area contributed by atoms with Gasteiger partial charge in [-0.2, -0.15) is 0 Å². The number of anilines is 2. The zero-order valence-electron chi connectivity index (χ0n) is 18.5. The number of fused-ring (bicyclic) bond motifs is 3. The number of aryl methyl sites for hydroxylation is 1. The van der Waals surface area contributed by atoms with Gasteiger partial charge in [-0.15, -0.1) is 0 Å². The number of pyridine rings is 2. The predicted molar refractivity (Wildman–Crippen MR) is 137 cm³/mol. The second-order valence-electron chi connectivity index (χ2n) is 7.88. The molecule has 2 aromatic carbocycles. The Morgan fingerprint density at radius 2 is 1.86 bits per heavy atom. The van der Waals surface area contributed by atoms with Crippen molar-refractivity contribution in [2.75, 3.05) is 5.32 Å². The van der Waals surface area contributed by atoms with Crippen LogP contribution in [0.4, 0.5) is 15.9 Å². The highest BCUT2D eigenvalue weighted by Gasteiger charge is 2.20. The van der Waals surface area contributed by atoms with Crippen molar-refractivity contribution >= 4 is 66.4 Å². The van der Waals surface area contributed by atoms with Gasteiger partial charge in [0.2, 0.25) is 10.0 Å². The maximum atomic E-state index is 13.9. The normalized spacial score (nSPS) is 11.9. The lowest BCUT2D eigenvalue weighted by Gasteiger charge is -2.15. The molecule has 3 aromatic heterocycles. The molecule has 0 fully saturated rings. The molecule has 0 radical (unpaired) electrons. The van der Waals surface area contributed by atoms with Crippen molar-refractivity contribution in [2.45, 2.75) is 11.4 Å². The van der Waals surface area contributed by atoms with Crippen molar-refractivity contribution < 1.29 is 12.8 Å². The van der Waals surface area contributed by atoms with Crippen LogP contribution in [0, 0.1) is 5.82 Å². The molecule has 0 spiro atoms. The number of halogens is 3. The summed E-state index contributed by atoms with van der Waals surface area (Å²) in [6, 6.07) is 8.04. The van der Waals surface area contributed by atoms with E-state index in [9.17, 15) is 17.6 Å². The van der Waals surface area contributed by atoms with Crippen molar-refractivity contribution in [3.63, 3.8) is 0 Å². The minimum atomic E-state index is -3.96. The van der Waals surface area contributed by atoms with Gasteiger partial charge in [0.15, 0.2) is 0 Å². The van der Waals surface area contributed by atoms with Gasteiger partial charge in [0.1, 0.15) is 17.5 Å². The molecule has 0 saturated heterocycles.